The highest BCUT2D eigenvalue weighted by atomic mass is 35.5. The van der Waals surface area contributed by atoms with Crippen molar-refractivity contribution in [1.29, 1.82) is 0 Å². The summed E-state index contributed by atoms with van der Waals surface area (Å²) in [6, 6.07) is 5.17. The Morgan fingerprint density at radius 1 is 1.39 bits per heavy atom. The second-order valence-electron chi connectivity index (χ2n) is 4.11. The summed E-state index contributed by atoms with van der Waals surface area (Å²) in [5.41, 5.74) is 0.751. The highest BCUT2D eigenvalue weighted by Gasteiger charge is 2.04. The normalized spacial score (nSPS) is 10.9. The Morgan fingerprint density at radius 3 is 2.78 bits per heavy atom. The van der Waals surface area contributed by atoms with E-state index in [2.05, 4.69) is 6.92 Å². The number of benzene rings is 1. The molecule has 0 saturated carbocycles. The summed E-state index contributed by atoms with van der Waals surface area (Å²) in [7, 11) is 1.79. The van der Waals surface area contributed by atoms with Crippen molar-refractivity contribution in [3.05, 3.63) is 39.9 Å². The molecule has 0 bridgehead atoms. The number of hydrogen-bond donors (Lipinski definition) is 0. The van der Waals surface area contributed by atoms with Crippen LogP contribution in [0, 0.1) is 0 Å². The number of carbonyl (C=O) groups excluding carboxylic acids is 1. The van der Waals surface area contributed by atoms with Crippen molar-refractivity contribution in [1.82, 2.24) is 4.90 Å². The number of likely N-dealkylation sites (N-methyl/N-ethyl adjacent to an activating group) is 1. The van der Waals surface area contributed by atoms with Crippen molar-refractivity contribution in [3.8, 4) is 0 Å². The van der Waals surface area contributed by atoms with Crippen LogP contribution in [0.15, 0.2) is 24.3 Å². The first-order valence-corrected chi connectivity index (χ1v) is 6.68. The van der Waals surface area contributed by atoms with Crippen LogP contribution in [0.1, 0.15) is 25.3 Å². The molecular weight excluding hydrogens is 269 g/mol. The average molecular weight is 286 g/mol. The highest BCUT2D eigenvalue weighted by molar-refractivity contribution is 6.34. The van der Waals surface area contributed by atoms with E-state index in [4.69, 9.17) is 23.2 Å². The summed E-state index contributed by atoms with van der Waals surface area (Å²) in [5, 5.41) is 1.19. The third kappa shape index (κ3) is 4.71. The zero-order valence-corrected chi connectivity index (χ0v) is 12.1. The Hall–Kier alpha value is -0.990. The Bertz CT molecular complexity index is 443. The predicted molar refractivity (Wildman–Crippen MR) is 78.0 cm³/mol. The summed E-state index contributed by atoms with van der Waals surface area (Å²) in [4.78, 5) is 13.5. The van der Waals surface area contributed by atoms with E-state index in [1.54, 1.807) is 36.2 Å². The molecule has 0 aliphatic carbocycles. The lowest BCUT2D eigenvalue weighted by molar-refractivity contribution is -0.124. The van der Waals surface area contributed by atoms with Crippen LogP contribution in [0.3, 0.4) is 0 Å². The van der Waals surface area contributed by atoms with Gasteiger partial charge in [0.25, 0.3) is 0 Å². The molecule has 4 heteroatoms. The molecule has 98 valence electrons. The molecule has 0 atom stereocenters. The molecular formula is C14H17Cl2NO. The monoisotopic (exact) mass is 285 g/mol. The molecule has 0 radical (unpaired) electrons. The Labute approximate surface area is 118 Å². The minimum Gasteiger partial charge on any atom is -0.342 e. The van der Waals surface area contributed by atoms with Crippen molar-refractivity contribution in [2.24, 2.45) is 0 Å². The van der Waals surface area contributed by atoms with Gasteiger partial charge in [0.05, 0.1) is 0 Å². The van der Waals surface area contributed by atoms with Gasteiger partial charge in [0.2, 0.25) is 5.91 Å². The summed E-state index contributed by atoms with van der Waals surface area (Å²) < 4.78 is 0. The number of hydrogen-bond acceptors (Lipinski definition) is 1. The molecule has 0 spiro atoms. The lowest BCUT2D eigenvalue weighted by Crippen LogP contribution is -2.25. The molecule has 1 rings (SSSR count). The molecule has 18 heavy (non-hydrogen) atoms. The average Bonchev–Trinajstić information content (AvgIpc) is 2.36. The SMILES string of the molecule is CCCCN(C)C(=O)/C=C/c1cc(Cl)ccc1Cl. The van der Waals surface area contributed by atoms with Crippen LogP contribution in [0.25, 0.3) is 6.08 Å². The maximum absolute atomic E-state index is 11.8. The highest BCUT2D eigenvalue weighted by Crippen LogP contribution is 2.21. The number of carbonyl (C=O) groups is 1. The van der Waals surface area contributed by atoms with Gasteiger partial charge >= 0.3 is 0 Å². The quantitative estimate of drug-likeness (QED) is 0.740. The molecule has 2 nitrogen and oxygen atoms in total. The zero-order chi connectivity index (χ0) is 13.5. The second kappa shape index (κ2) is 7.45. The third-order valence-electron chi connectivity index (χ3n) is 2.59. The molecule has 0 unspecified atom stereocenters. The minimum atomic E-state index is -0.0282. The molecule has 0 saturated heterocycles. The van der Waals surface area contributed by atoms with Crippen LogP contribution in [0.4, 0.5) is 0 Å². The number of rotatable bonds is 5. The fourth-order valence-electron chi connectivity index (χ4n) is 1.44. The Kier molecular flexibility index (Phi) is 6.23. The van der Waals surface area contributed by atoms with Gasteiger partial charge in [-0.1, -0.05) is 36.5 Å². The number of halogens is 2. The van der Waals surface area contributed by atoms with Gasteiger partial charge in [-0.3, -0.25) is 4.79 Å². The molecule has 0 aliphatic heterocycles. The maximum atomic E-state index is 11.8. The third-order valence-corrected chi connectivity index (χ3v) is 3.17. The van der Waals surface area contributed by atoms with Crippen LogP contribution in [-0.4, -0.2) is 24.4 Å². The van der Waals surface area contributed by atoms with E-state index in [1.807, 2.05) is 0 Å². The largest absolute Gasteiger partial charge is 0.342 e. The van der Waals surface area contributed by atoms with E-state index in [-0.39, 0.29) is 5.91 Å². The zero-order valence-electron chi connectivity index (χ0n) is 10.6. The summed E-state index contributed by atoms with van der Waals surface area (Å²) >= 11 is 11.9. The first-order chi connectivity index (χ1) is 8.54. The van der Waals surface area contributed by atoms with E-state index in [0.717, 1.165) is 24.9 Å². The molecule has 0 fully saturated rings. The first-order valence-electron chi connectivity index (χ1n) is 5.92. The van der Waals surface area contributed by atoms with Crippen LogP contribution in [0.2, 0.25) is 10.0 Å². The van der Waals surface area contributed by atoms with E-state index < -0.39 is 0 Å². The number of nitrogens with zero attached hydrogens (tertiary/aromatic N) is 1. The minimum absolute atomic E-state index is 0.0282. The van der Waals surface area contributed by atoms with Gasteiger partial charge < -0.3 is 4.90 Å². The first kappa shape index (κ1) is 15.1. The van der Waals surface area contributed by atoms with Gasteiger partial charge in [0.15, 0.2) is 0 Å². The maximum Gasteiger partial charge on any atom is 0.246 e. The van der Waals surface area contributed by atoms with E-state index in [9.17, 15) is 4.79 Å². The van der Waals surface area contributed by atoms with Crippen LogP contribution < -0.4 is 0 Å². The molecule has 1 aromatic rings. The summed E-state index contributed by atoms with van der Waals surface area (Å²) in [5.74, 6) is -0.0282. The van der Waals surface area contributed by atoms with Gasteiger partial charge in [-0.15, -0.1) is 0 Å². The summed E-state index contributed by atoms with van der Waals surface area (Å²) in [6.07, 6.45) is 5.29. The van der Waals surface area contributed by atoms with Crippen molar-refractivity contribution < 1.29 is 4.79 Å². The predicted octanol–water partition coefficient (Wildman–Crippen LogP) is 4.27. The van der Waals surface area contributed by atoms with E-state index >= 15 is 0 Å². The van der Waals surface area contributed by atoms with Crippen molar-refractivity contribution in [2.75, 3.05) is 13.6 Å². The fourth-order valence-corrected chi connectivity index (χ4v) is 1.80. The molecule has 1 amide bonds. The van der Waals surface area contributed by atoms with E-state index in [0.29, 0.717) is 10.0 Å². The van der Waals surface area contributed by atoms with Gasteiger partial charge in [-0.2, -0.15) is 0 Å². The molecule has 0 aromatic heterocycles. The van der Waals surface area contributed by atoms with Gasteiger partial charge in [-0.25, -0.2) is 0 Å². The summed E-state index contributed by atoms with van der Waals surface area (Å²) in [6.45, 7) is 2.86. The van der Waals surface area contributed by atoms with Crippen molar-refractivity contribution in [3.63, 3.8) is 0 Å². The fraction of sp³-hybridized carbons (Fsp3) is 0.357. The molecule has 0 N–H and O–H groups in total. The van der Waals surface area contributed by atoms with Crippen LogP contribution >= 0.6 is 23.2 Å². The van der Waals surface area contributed by atoms with Crippen molar-refractivity contribution >= 4 is 35.2 Å². The Balaban J connectivity index is 2.68. The molecule has 0 heterocycles. The second-order valence-corrected chi connectivity index (χ2v) is 4.96. The Morgan fingerprint density at radius 2 is 2.11 bits per heavy atom. The van der Waals surface area contributed by atoms with Gasteiger partial charge in [0, 0.05) is 29.7 Å². The number of amides is 1. The standard InChI is InChI=1S/C14H17Cl2NO/c1-3-4-9-17(2)14(18)8-5-11-10-12(15)6-7-13(11)16/h5-8,10H,3-4,9H2,1-2H3/b8-5+. The number of unbranched alkanes of at least 4 members (excludes halogenated alkanes) is 1. The molecule has 1 aromatic carbocycles. The van der Waals surface area contributed by atoms with Crippen LogP contribution in [0.5, 0.6) is 0 Å². The van der Waals surface area contributed by atoms with Crippen LogP contribution in [-0.2, 0) is 4.79 Å². The smallest absolute Gasteiger partial charge is 0.246 e. The molecule has 0 aliphatic rings. The topological polar surface area (TPSA) is 20.3 Å². The lowest BCUT2D eigenvalue weighted by atomic mass is 10.2. The van der Waals surface area contributed by atoms with E-state index in [1.165, 1.54) is 6.08 Å². The van der Waals surface area contributed by atoms with Gasteiger partial charge in [0.1, 0.15) is 0 Å². The van der Waals surface area contributed by atoms with Gasteiger partial charge in [-0.05, 0) is 36.3 Å². The lowest BCUT2D eigenvalue weighted by Gasteiger charge is -2.14. The van der Waals surface area contributed by atoms with Crippen molar-refractivity contribution in [2.45, 2.75) is 19.8 Å².